The van der Waals surface area contributed by atoms with Gasteiger partial charge in [-0.25, -0.2) is 0 Å². The lowest BCUT2D eigenvalue weighted by atomic mass is 9.82. The Morgan fingerprint density at radius 2 is 1.00 bits per heavy atom. The van der Waals surface area contributed by atoms with E-state index in [1.54, 1.807) is 0 Å². The third-order valence-corrected chi connectivity index (χ3v) is 2.84. The molecule has 0 aliphatic heterocycles. The van der Waals surface area contributed by atoms with Crippen LogP contribution in [-0.2, 0) is 20.4 Å². The summed E-state index contributed by atoms with van der Waals surface area (Å²) in [6.07, 6.45) is 4.00. The first-order chi connectivity index (χ1) is 7.33. The van der Waals surface area contributed by atoms with Gasteiger partial charge in [-0.15, -0.1) is 0 Å². The van der Waals surface area contributed by atoms with E-state index in [1.165, 1.54) is 0 Å². The van der Waals surface area contributed by atoms with Gasteiger partial charge in [-0.1, -0.05) is 24.3 Å². The average Bonchev–Trinajstić information content (AvgIpc) is 2.29. The van der Waals surface area contributed by atoms with Crippen LogP contribution < -0.4 is 0 Å². The summed E-state index contributed by atoms with van der Waals surface area (Å²) in [7, 11) is 0. The third kappa shape index (κ3) is 2.38. The van der Waals surface area contributed by atoms with E-state index in [4.69, 9.17) is 0 Å². The molecule has 0 aromatic heterocycles. The van der Waals surface area contributed by atoms with Crippen LogP contribution in [0.5, 0.6) is 0 Å². The minimum atomic E-state index is -0.604. The van der Waals surface area contributed by atoms with Crippen LogP contribution in [0.2, 0.25) is 0 Å². The van der Waals surface area contributed by atoms with E-state index < -0.39 is 10.8 Å². The van der Waals surface area contributed by atoms with Crippen LogP contribution in [0.15, 0.2) is 24.3 Å². The van der Waals surface area contributed by atoms with Gasteiger partial charge in [0.2, 0.25) is 12.6 Å². The first-order valence-electron chi connectivity index (χ1n) is 5.23. The Morgan fingerprint density at radius 3 is 1.19 bits per heavy atom. The van der Waals surface area contributed by atoms with Crippen LogP contribution >= 0.6 is 0 Å². The number of hydrogen-bond acceptors (Lipinski definition) is 2. The van der Waals surface area contributed by atoms with Gasteiger partial charge in [-0.05, 0) is 38.8 Å². The molecule has 84 valence electrons. The fraction of sp³-hybridized carbons (Fsp3) is 0.429. The Morgan fingerprint density at radius 1 is 0.750 bits per heavy atom. The summed E-state index contributed by atoms with van der Waals surface area (Å²) >= 11 is 0. The molecular formula is C14H16O2. The van der Waals surface area contributed by atoms with Crippen LogP contribution in [0.3, 0.4) is 0 Å². The van der Waals surface area contributed by atoms with E-state index in [1.807, 2.05) is 64.5 Å². The van der Waals surface area contributed by atoms with Crippen molar-refractivity contribution in [2.24, 2.45) is 0 Å². The van der Waals surface area contributed by atoms with Gasteiger partial charge >= 0.3 is 0 Å². The van der Waals surface area contributed by atoms with E-state index in [0.29, 0.717) is 0 Å². The molecule has 2 nitrogen and oxygen atoms in total. The zero-order valence-corrected chi connectivity index (χ0v) is 10.1. The summed E-state index contributed by atoms with van der Waals surface area (Å²) in [5, 5.41) is 0. The summed E-state index contributed by atoms with van der Waals surface area (Å²) in [4.78, 5) is 21.6. The van der Waals surface area contributed by atoms with E-state index in [0.717, 1.165) is 11.1 Å². The van der Waals surface area contributed by atoms with Gasteiger partial charge < -0.3 is 0 Å². The molecule has 16 heavy (non-hydrogen) atoms. The van der Waals surface area contributed by atoms with Gasteiger partial charge in [-0.3, -0.25) is 9.59 Å². The van der Waals surface area contributed by atoms with Crippen LogP contribution in [-0.4, -0.2) is 12.6 Å². The molecule has 0 saturated heterocycles. The Bertz CT molecular complexity index is 347. The highest BCUT2D eigenvalue weighted by Crippen LogP contribution is 2.25. The molecule has 0 heterocycles. The quantitative estimate of drug-likeness (QED) is 0.774. The molecule has 1 aromatic carbocycles. The minimum Gasteiger partial charge on any atom is -0.290 e. The predicted molar refractivity (Wildman–Crippen MR) is 63.9 cm³/mol. The fourth-order valence-corrected chi connectivity index (χ4v) is 1.42. The number of carbonyl (C=O) groups excluding carboxylic acids is 2. The zero-order chi connectivity index (χ0) is 12.4. The molecule has 0 spiro atoms. The third-order valence-electron chi connectivity index (χ3n) is 2.84. The summed E-state index contributed by atoms with van der Waals surface area (Å²) in [5.41, 5.74) is 0.585. The van der Waals surface area contributed by atoms with Crippen molar-refractivity contribution in [3.05, 3.63) is 35.4 Å². The maximum atomic E-state index is 10.8. The SMILES string of the molecule is CC(C)([C]=O)c1ccc(C(C)(C)[C]=O)cc1. The lowest BCUT2D eigenvalue weighted by molar-refractivity contribution is 0.514. The van der Waals surface area contributed by atoms with Crippen LogP contribution in [0, 0.1) is 0 Å². The van der Waals surface area contributed by atoms with Gasteiger partial charge in [0.25, 0.3) is 0 Å². The zero-order valence-electron chi connectivity index (χ0n) is 10.1. The molecule has 0 fully saturated rings. The maximum absolute atomic E-state index is 10.8. The Kier molecular flexibility index (Phi) is 3.32. The van der Waals surface area contributed by atoms with E-state index in [9.17, 15) is 9.59 Å². The van der Waals surface area contributed by atoms with Gasteiger partial charge in [-0.2, -0.15) is 0 Å². The molecule has 1 rings (SSSR count). The summed E-state index contributed by atoms with van der Waals surface area (Å²) in [5.74, 6) is 0. The molecule has 1 aromatic rings. The molecule has 0 amide bonds. The summed E-state index contributed by atoms with van der Waals surface area (Å²) in [6, 6.07) is 7.44. The Hall–Kier alpha value is -1.44. The second-order valence-corrected chi connectivity index (χ2v) is 5.03. The number of rotatable bonds is 4. The van der Waals surface area contributed by atoms with Crippen molar-refractivity contribution >= 4 is 12.6 Å². The Labute approximate surface area is 96.7 Å². The molecule has 2 heteroatoms. The maximum Gasteiger partial charge on any atom is 0.209 e. The van der Waals surface area contributed by atoms with Gasteiger partial charge in [0, 0.05) is 0 Å². The van der Waals surface area contributed by atoms with Gasteiger partial charge in [0.05, 0.1) is 10.8 Å². The fourth-order valence-electron chi connectivity index (χ4n) is 1.42. The second kappa shape index (κ2) is 4.20. The van der Waals surface area contributed by atoms with E-state index >= 15 is 0 Å². The van der Waals surface area contributed by atoms with Crippen molar-refractivity contribution in [2.75, 3.05) is 0 Å². The van der Waals surface area contributed by atoms with Crippen LogP contribution in [0.25, 0.3) is 0 Å². The topological polar surface area (TPSA) is 34.1 Å². The minimum absolute atomic E-state index is 0.604. The van der Waals surface area contributed by atoms with Crippen molar-refractivity contribution in [1.29, 1.82) is 0 Å². The monoisotopic (exact) mass is 216 g/mol. The molecule has 0 saturated carbocycles. The van der Waals surface area contributed by atoms with Crippen LogP contribution in [0.1, 0.15) is 38.8 Å². The first-order valence-corrected chi connectivity index (χ1v) is 5.23. The van der Waals surface area contributed by atoms with Crippen molar-refractivity contribution in [1.82, 2.24) is 0 Å². The van der Waals surface area contributed by atoms with Crippen molar-refractivity contribution in [3.8, 4) is 0 Å². The molecule has 0 aliphatic carbocycles. The molecule has 0 aliphatic rings. The Balaban J connectivity index is 3.09. The molecule has 0 N–H and O–H groups in total. The lowest BCUT2D eigenvalue weighted by Crippen LogP contribution is -2.21. The molecular weight excluding hydrogens is 200 g/mol. The number of benzene rings is 1. The molecule has 0 unspecified atom stereocenters. The number of hydrogen-bond donors (Lipinski definition) is 0. The first kappa shape index (κ1) is 12.6. The predicted octanol–water partition coefficient (Wildman–Crippen LogP) is 2.46. The van der Waals surface area contributed by atoms with Gasteiger partial charge in [0.1, 0.15) is 0 Å². The second-order valence-electron chi connectivity index (χ2n) is 5.03. The smallest absolute Gasteiger partial charge is 0.209 e. The van der Waals surface area contributed by atoms with E-state index in [-0.39, 0.29) is 0 Å². The highest BCUT2D eigenvalue weighted by atomic mass is 16.1. The highest BCUT2D eigenvalue weighted by Gasteiger charge is 2.24. The lowest BCUT2D eigenvalue weighted by Gasteiger charge is -2.20. The van der Waals surface area contributed by atoms with Crippen molar-refractivity contribution in [2.45, 2.75) is 38.5 Å². The van der Waals surface area contributed by atoms with Gasteiger partial charge in [0.15, 0.2) is 0 Å². The standard InChI is InChI=1S/C14H16O2/c1-13(2,9-15)11-5-7-12(8-6-11)14(3,4)10-16/h5-8H,1-4H3. The normalized spacial score (nSPS) is 12.2. The largest absolute Gasteiger partial charge is 0.290 e. The average molecular weight is 216 g/mol. The van der Waals surface area contributed by atoms with Crippen molar-refractivity contribution in [3.63, 3.8) is 0 Å². The highest BCUT2D eigenvalue weighted by molar-refractivity contribution is 5.70. The van der Waals surface area contributed by atoms with Crippen molar-refractivity contribution < 1.29 is 9.59 Å². The molecule has 2 radical (unpaired) electrons. The summed E-state index contributed by atoms with van der Waals surface area (Å²) < 4.78 is 0. The van der Waals surface area contributed by atoms with Crippen LogP contribution in [0.4, 0.5) is 0 Å². The molecule has 0 atom stereocenters. The summed E-state index contributed by atoms with van der Waals surface area (Å²) in [6.45, 7) is 7.25. The molecule has 0 bridgehead atoms. The van der Waals surface area contributed by atoms with E-state index in [2.05, 4.69) is 0 Å².